The van der Waals surface area contributed by atoms with E-state index in [1.165, 1.54) is 51.4 Å². The highest BCUT2D eigenvalue weighted by atomic mass is 16.2. The molecule has 1 aliphatic carbocycles. The minimum absolute atomic E-state index is 0.299. The Labute approximate surface area is 111 Å². The molecule has 2 aliphatic rings. The fourth-order valence-corrected chi connectivity index (χ4v) is 3.30. The van der Waals surface area contributed by atoms with Gasteiger partial charge >= 0.3 is 0 Å². The number of hydrogen-bond donors (Lipinski definition) is 1. The number of carbonyl (C=O) groups is 1. The second-order valence-corrected chi connectivity index (χ2v) is 6.01. The summed E-state index contributed by atoms with van der Waals surface area (Å²) in [5, 5.41) is 3.47. The molecule has 2 rings (SSSR count). The first-order chi connectivity index (χ1) is 8.77. The van der Waals surface area contributed by atoms with Crippen molar-refractivity contribution in [2.45, 2.75) is 64.3 Å². The van der Waals surface area contributed by atoms with Crippen LogP contribution in [0.25, 0.3) is 0 Å². The van der Waals surface area contributed by atoms with Crippen molar-refractivity contribution in [2.24, 2.45) is 5.92 Å². The van der Waals surface area contributed by atoms with E-state index >= 15 is 0 Å². The Morgan fingerprint density at radius 1 is 1.11 bits per heavy atom. The molecular weight excluding hydrogens is 224 g/mol. The zero-order chi connectivity index (χ0) is 12.8. The van der Waals surface area contributed by atoms with E-state index in [0.29, 0.717) is 18.5 Å². The van der Waals surface area contributed by atoms with Crippen molar-refractivity contribution >= 4 is 5.91 Å². The third-order valence-corrected chi connectivity index (χ3v) is 4.64. The lowest BCUT2D eigenvalue weighted by atomic mass is 9.93. The van der Waals surface area contributed by atoms with E-state index in [1.807, 2.05) is 4.90 Å². The van der Waals surface area contributed by atoms with Crippen LogP contribution in [0.4, 0.5) is 0 Å². The number of amides is 1. The number of hydrogen-bond acceptors (Lipinski definition) is 2. The molecule has 0 aromatic carbocycles. The van der Waals surface area contributed by atoms with Gasteiger partial charge in [0.2, 0.25) is 5.91 Å². The van der Waals surface area contributed by atoms with E-state index < -0.39 is 0 Å². The Balaban J connectivity index is 1.69. The Kier molecular flexibility index (Phi) is 5.48. The summed E-state index contributed by atoms with van der Waals surface area (Å²) in [5.41, 5.74) is 0. The second kappa shape index (κ2) is 7.13. The Hall–Kier alpha value is -0.570. The van der Waals surface area contributed by atoms with E-state index in [1.54, 1.807) is 0 Å². The van der Waals surface area contributed by atoms with Crippen molar-refractivity contribution in [1.82, 2.24) is 10.2 Å². The second-order valence-electron chi connectivity index (χ2n) is 6.01. The summed E-state index contributed by atoms with van der Waals surface area (Å²) < 4.78 is 0. The average molecular weight is 252 g/mol. The first-order valence-electron chi connectivity index (χ1n) is 7.78. The van der Waals surface area contributed by atoms with Crippen molar-refractivity contribution in [2.75, 3.05) is 19.6 Å². The standard InChI is InChI=1S/C15H28N2O/c1-13(14-8-4-2-3-5-9-14)16-12-15(18)17-10-6-7-11-17/h13-14,16H,2-12H2,1H3/t13-/m1/s1. The largest absolute Gasteiger partial charge is 0.342 e. The number of rotatable bonds is 4. The molecule has 2 fully saturated rings. The van der Waals surface area contributed by atoms with Crippen LogP contribution >= 0.6 is 0 Å². The number of carbonyl (C=O) groups excluding carboxylic acids is 1. The minimum atomic E-state index is 0.299. The molecule has 0 radical (unpaired) electrons. The lowest BCUT2D eigenvalue weighted by Gasteiger charge is -2.24. The summed E-state index contributed by atoms with van der Waals surface area (Å²) in [7, 11) is 0. The molecule has 1 saturated heterocycles. The van der Waals surface area contributed by atoms with Gasteiger partial charge in [0.05, 0.1) is 6.54 Å². The average Bonchev–Trinajstić information content (AvgIpc) is 2.78. The highest BCUT2D eigenvalue weighted by molar-refractivity contribution is 5.78. The molecule has 3 nitrogen and oxygen atoms in total. The minimum Gasteiger partial charge on any atom is -0.342 e. The lowest BCUT2D eigenvalue weighted by molar-refractivity contribution is -0.129. The molecule has 104 valence electrons. The van der Waals surface area contributed by atoms with Crippen LogP contribution in [-0.4, -0.2) is 36.5 Å². The van der Waals surface area contributed by atoms with Gasteiger partial charge in [-0.05, 0) is 38.5 Å². The van der Waals surface area contributed by atoms with Gasteiger partial charge in [0.15, 0.2) is 0 Å². The maximum atomic E-state index is 12.0. The van der Waals surface area contributed by atoms with Crippen LogP contribution < -0.4 is 5.32 Å². The smallest absolute Gasteiger partial charge is 0.236 e. The Morgan fingerprint density at radius 2 is 1.72 bits per heavy atom. The number of nitrogens with zero attached hydrogens (tertiary/aromatic N) is 1. The van der Waals surface area contributed by atoms with E-state index in [4.69, 9.17) is 0 Å². The van der Waals surface area contributed by atoms with Gasteiger partial charge in [-0.25, -0.2) is 0 Å². The summed E-state index contributed by atoms with van der Waals surface area (Å²) in [6.07, 6.45) is 10.6. The zero-order valence-electron chi connectivity index (χ0n) is 11.8. The first kappa shape index (κ1) is 13.9. The molecule has 0 bridgehead atoms. The molecule has 18 heavy (non-hydrogen) atoms. The van der Waals surface area contributed by atoms with Gasteiger partial charge in [-0.1, -0.05) is 25.7 Å². The Morgan fingerprint density at radius 3 is 2.33 bits per heavy atom. The van der Waals surface area contributed by atoms with Gasteiger partial charge in [-0.15, -0.1) is 0 Å². The topological polar surface area (TPSA) is 32.3 Å². The van der Waals surface area contributed by atoms with E-state index in [9.17, 15) is 4.79 Å². The molecule has 1 atom stereocenters. The fraction of sp³-hybridized carbons (Fsp3) is 0.933. The zero-order valence-corrected chi connectivity index (χ0v) is 11.8. The molecule has 1 N–H and O–H groups in total. The van der Waals surface area contributed by atoms with Gasteiger partial charge < -0.3 is 10.2 Å². The molecule has 1 aliphatic heterocycles. The monoisotopic (exact) mass is 252 g/mol. The molecular formula is C15H28N2O. The van der Waals surface area contributed by atoms with Crippen LogP contribution in [0, 0.1) is 5.92 Å². The normalized spacial score (nSPS) is 23.9. The summed E-state index contributed by atoms with van der Waals surface area (Å²) in [6, 6.07) is 0.495. The van der Waals surface area contributed by atoms with Crippen molar-refractivity contribution in [3.63, 3.8) is 0 Å². The van der Waals surface area contributed by atoms with Crippen LogP contribution in [0.3, 0.4) is 0 Å². The molecule has 0 aromatic rings. The van der Waals surface area contributed by atoms with Gasteiger partial charge in [0.25, 0.3) is 0 Å². The predicted molar refractivity (Wildman–Crippen MR) is 74.5 cm³/mol. The SMILES string of the molecule is C[C@@H](NCC(=O)N1CCCC1)C1CCCCCC1. The van der Waals surface area contributed by atoms with Crippen molar-refractivity contribution < 1.29 is 4.79 Å². The molecule has 0 spiro atoms. The van der Waals surface area contributed by atoms with Gasteiger partial charge in [-0.2, -0.15) is 0 Å². The van der Waals surface area contributed by atoms with E-state index in [-0.39, 0.29) is 0 Å². The number of likely N-dealkylation sites (tertiary alicyclic amines) is 1. The van der Waals surface area contributed by atoms with Crippen LogP contribution in [-0.2, 0) is 4.79 Å². The Bertz CT molecular complexity index is 253. The van der Waals surface area contributed by atoms with E-state index in [2.05, 4.69) is 12.2 Å². The van der Waals surface area contributed by atoms with Gasteiger partial charge in [-0.3, -0.25) is 4.79 Å². The van der Waals surface area contributed by atoms with E-state index in [0.717, 1.165) is 19.0 Å². The summed E-state index contributed by atoms with van der Waals surface area (Å²) in [4.78, 5) is 14.0. The highest BCUT2D eigenvalue weighted by Crippen LogP contribution is 2.25. The van der Waals surface area contributed by atoms with Crippen LogP contribution in [0.1, 0.15) is 58.3 Å². The number of nitrogens with one attached hydrogen (secondary N) is 1. The molecule has 3 heteroatoms. The molecule has 0 aromatic heterocycles. The quantitative estimate of drug-likeness (QED) is 0.780. The fourth-order valence-electron chi connectivity index (χ4n) is 3.30. The third kappa shape index (κ3) is 3.98. The first-order valence-corrected chi connectivity index (χ1v) is 7.78. The molecule has 1 amide bonds. The van der Waals surface area contributed by atoms with Crippen LogP contribution in [0.2, 0.25) is 0 Å². The highest BCUT2D eigenvalue weighted by Gasteiger charge is 2.21. The molecule has 1 heterocycles. The van der Waals surface area contributed by atoms with Crippen molar-refractivity contribution in [3.05, 3.63) is 0 Å². The molecule has 0 unspecified atom stereocenters. The lowest BCUT2D eigenvalue weighted by Crippen LogP contribution is -2.42. The van der Waals surface area contributed by atoms with Crippen molar-refractivity contribution in [3.8, 4) is 0 Å². The van der Waals surface area contributed by atoms with Crippen molar-refractivity contribution in [1.29, 1.82) is 0 Å². The van der Waals surface area contributed by atoms with Gasteiger partial charge in [0.1, 0.15) is 0 Å². The van der Waals surface area contributed by atoms with Crippen LogP contribution in [0.15, 0.2) is 0 Å². The summed E-state index contributed by atoms with van der Waals surface area (Å²) in [5.74, 6) is 1.08. The maximum Gasteiger partial charge on any atom is 0.236 e. The summed E-state index contributed by atoms with van der Waals surface area (Å²) in [6.45, 7) is 4.74. The third-order valence-electron chi connectivity index (χ3n) is 4.64. The van der Waals surface area contributed by atoms with Crippen LogP contribution in [0.5, 0.6) is 0 Å². The van der Waals surface area contributed by atoms with Gasteiger partial charge in [0, 0.05) is 19.1 Å². The maximum absolute atomic E-state index is 12.0. The summed E-state index contributed by atoms with van der Waals surface area (Å²) >= 11 is 0. The molecule has 1 saturated carbocycles. The predicted octanol–water partition coefficient (Wildman–Crippen LogP) is 2.56.